The predicted octanol–water partition coefficient (Wildman–Crippen LogP) is 3.78. The summed E-state index contributed by atoms with van der Waals surface area (Å²) in [6.07, 6.45) is 2.56. The molecule has 7 heteroatoms. The Labute approximate surface area is 167 Å². The van der Waals surface area contributed by atoms with Gasteiger partial charge in [0, 0.05) is 25.4 Å². The molecule has 0 unspecified atom stereocenters. The van der Waals surface area contributed by atoms with Gasteiger partial charge < -0.3 is 25.0 Å². The van der Waals surface area contributed by atoms with Gasteiger partial charge in [-0.1, -0.05) is 18.2 Å². The van der Waals surface area contributed by atoms with E-state index < -0.39 is 5.60 Å². The minimum absolute atomic E-state index is 0.105. The van der Waals surface area contributed by atoms with Gasteiger partial charge in [0.1, 0.15) is 5.60 Å². The third kappa shape index (κ3) is 8.13. The first kappa shape index (κ1) is 21.4. The number of benzene rings is 1. The lowest BCUT2D eigenvalue weighted by Crippen LogP contribution is -2.41. The molecule has 1 fully saturated rings. The van der Waals surface area contributed by atoms with E-state index in [0.717, 1.165) is 38.0 Å². The average Bonchev–Trinajstić information content (AvgIpc) is 3.06. The van der Waals surface area contributed by atoms with Crippen LogP contribution in [-0.4, -0.2) is 54.1 Å². The summed E-state index contributed by atoms with van der Waals surface area (Å²) in [5.41, 5.74) is 0.498. The van der Waals surface area contributed by atoms with Gasteiger partial charge in [0.25, 0.3) is 0 Å². The summed E-state index contributed by atoms with van der Waals surface area (Å²) >= 11 is 5.27. The van der Waals surface area contributed by atoms with Gasteiger partial charge in [0.15, 0.2) is 5.11 Å². The highest BCUT2D eigenvalue weighted by Gasteiger charge is 2.32. The lowest BCUT2D eigenvalue weighted by molar-refractivity contribution is 0.0105. The number of nitrogens with one attached hydrogen (secondary N) is 2. The SMILES string of the molecule is CC(C)(C)OC(=O)N1CCC[C@H]1COCCCNC(=S)Nc1ccccc1. The Hall–Kier alpha value is -1.86. The van der Waals surface area contributed by atoms with E-state index in [0.29, 0.717) is 18.3 Å². The molecule has 1 saturated heterocycles. The number of hydrogen-bond donors (Lipinski definition) is 2. The maximum absolute atomic E-state index is 12.2. The van der Waals surface area contributed by atoms with E-state index in [1.165, 1.54) is 0 Å². The van der Waals surface area contributed by atoms with Crippen molar-refractivity contribution >= 4 is 29.1 Å². The van der Waals surface area contributed by atoms with Gasteiger partial charge in [-0.15, -0.1) is 0 Å². The van der Waals surface area contributed by atoms with Crippen molar-refractivity contribution in [2.75, 3.05) is 31.6 Å². The molecule has 2 rings (SSSR count). The molecule has 1 atom stereocenters. The van der Waals surface area contributed by atoms with Gasteiger partial charge in [-0.25, -0.2) is 4.79 Å². The first-order valence-electron chi connectivity index (χ1n) is 9.52. The molecular weight excluding hydrogens is 362 g/mol. The van der Waals surface area contributed by atoms with Crippen LogP contribution in [0.4, 0.5) is 10.5 Å². The van der Waals surface area contributed by atoms with E-state index in [9.17, 15) is 4.79 Å². The molecule has 1 aromatic rings. The van der Waals surface area contributed by atoms with Gasteiger partial charge in [0.05, 0.1) is 12.6 Å². The van der Waals surface area contributed by atoms with Crippen molar-refractivity contribution in [3.05, 3.63) is 30.3 Å². The number of para-hydroxylation sites is 1. The molecule has 150 valence electrons. The summed E-state index contributed by atoms with van der Waals surface area (Å²) in [6, 6.07) is 9.93. The Bertz CT molecular complexity index is 604. The summed E-state index contributed by atoms with van der Waals surface area (Å²) in [5.74, 6) is 0. The highest BCUT2D eigenvalue weighted by molar-refractivity contribution is 7.80. The van der Waals surface area contributed by atoms with Crippen molar-refractivity contribution in [1.29, 1.82) is 0 Å². The molecule has 27 heavy (non-hydrogen) atoms. The molecule has 1 heterocycles. The Kier molecular flexibility index (Phi) is 8.31. The van der Waals surface area contributed by atoms with Crippen LogP contribution < -0.4 is 10.6 Å². The van der Waals surface area contributed by atoms with Crippen LogP contribution in [0.25, 0.3) is 0 Å². The van der Waals surface area contributed by atoms with Crippen LogP contribution in [0.2, 0.25) is 0 Å². The Morgan fingerprint density at radius 2 is 2.04 bits per heavy atom. The van der Waals surface area contributed by atoms with Crippen LogP contribution in [0.5, 0.6) is 0 Å². The second-order valence-corrected chi connectivity index (χ2v) is 8.05. The van der Waals surface area contributed by atoms with Crippen LogP contribution in [0.15, 0.2) is 30.3 Å². The normalized spacial score (nSPS) is 16.9. The van der Waals surface area contributed by atoms with Gasteiger partial charge in [-0.2, -0.15) is 0 Å². The largest absolute Gasteiger partial charge is 0.444 e. The molecule has 6 nitrogen and oxygen atoms in total. The molecule has 2 N–H and O–H groups in total. The topological polar surface area (TPSA) is 62.8 Å². The fraction of sp³-hybridized carbons (Fsp3) is 0.600. The van der Waals surface area contributed by atoms with Gasteiger partial charge >= 0.3 is 6.09 Å². The monoisotopic (exact) mass is 393 g/mol. The van der Waals surface area contributed by atoms with Crippen molar-refractivity contribution < 1.29 is 14.3 Å². The maximum atomic E-state index is 12.2. The van der Waals surface area contributed by atoms with Crippen LogP contribution in [0.1, 0.15) is 40.0 Å². The molecule has 1 amide bonds. The van der Waals surface area contributed by atoms with Crippen molar-refractivity contribution in [1.82, 2.24) is 10.2 Å². The lowest BCUT2D eigenvalue weighted by atomic mass is 10.2. The van der Waals surface area contributed by atoms with E-state index in [2.05, 4.69) is 10.6 Å². The molecule has 1 aliphatic heterocycles. The van der Waals surface area contributed by atoms with E-state index >= 15 is 0 Å². The molecule has 1 aliphatic rings. The van der Waals surface area contributed by atoms with Gasteiger partial charge in [-0.05, 0) is 64.4 Å². The summed E-state index contributed by atoms with van der Waals surface area (Å²) in [6.45, 7) is 8.30. The summed E-state index contributed by atoms with van der Waals surface area (Å²) < 4.78 is 11.2. The third-order valence-corrected chi connectivity index (χ3v) is 4.34. The van der Waals surface area contributed by atoms with Crippen molar-refractivity contribution in [3.8, 4) is 0 Å². The predicted molar refractivity (Wildman–Crippen MR) is 112 cm³/mol. The number of rotatable bonds is 7. The molecule has 0 aliphatic carbocycles. The second-order valence-electron chi connectivity index (χ2n) is 7.65. The zero-order valence-electron chi connectivity index (χ0n) is 16.5. The van der Waals surface area contributed by atoms with Crippen LogP contribution in [0, 0.1) is 0 Å². The standard InChI is InChI=1S/C20H31N3O3S/c1-20(2,3)26-19(24)23-13-7-11-17(23)15-25-14-8-12-21-18(27)22-16-9-5-4-6-10-16/h4-6,9-10,17H,7-8,11-15H2,1-3H3,(H2,21,22,27)/t17-/m0/s1. The van der Waals surface area contributed by atoms with Crippen LogP contribution in [0.3, 0.4) is 0 Å². The summed E-state index contributed by atoms with van der Waals surface area (Å²) in [5, 5.41) is 6.91. The molecule has 0 aromatic heterocycles. The Morgan fingerprint density at radius 3 is 2.74 bits per heavy atom. The van der Waals surface area contributed by atoms with Crippen molar-refractivity contribution in [2.45, 2.75) is 51.7 Å². The number of anilines is 1. The number of carbonyl (C=O) groups excluding carboxylic acids is 1. The zero-order chi connectivity index (χ0) is 19.7. The highest BCUT2D eigenvalue weighted by Crippen LogP contribution is 2.21. The van der Waals surface area contributed by atoms with Crippen LogP contribution in [-0.2, 0) is 9.47 Å². The van der Waals surface area contributed by atoms with Crippen molar-refractivity contribution in [2.24, 2.45) is 0 Å². The molecule has 0 radical (unpaired) electrons. The van der Waals surface area contributed by atoms with E-state index in [-0.39, 0.29) is 12.1 Å². The Morgan fingerprint density at radius 1 is 1.30 bits per heavy atom. The molecule has 1 aromatic carbocycles. The first-order valence-corrected chi connectivity index (χ1v) is 9.93. The fourth-order valence-corrected chi connectivity index (χ4v) is 3.08. The van der Waals surface area contributed by atoms with Crippen LogP contribution >= 0.6 is 12.2 Å². The number of thiocarbonyl (C=S) groups is 1. The fourth-order valence-electron chi connectivity index (χ4n) is 2.86. The number of amides is 1. The minimum atomic E-state index is -0.469. The smallest absolute Gasteiger partial charge is 0.410 e. The number of nitrogens with zero attached hydrogens (tertiary/aromatic N) is 1. The first-order chi connectivity index (χ1) is 12.8. The lowest BCUT2D eigenvalue weighted by Gasteiger charge is -2.28. The molecule has 0 bridgehead atoms. The number of ether oxygens (including phenoxy) is 2. The van der Waals surface area contributed by atoms with Gasteiger partial charge in [0.2, 0.25) is 0 Å². The molecule has 0 saturated carbocycles. The zero-order valence-corrected chi connectivity index (χ0v) is 17.3. The maximum Gasteiger partial charge on any atom is 0.410 e. The van der Waals surface area contributed by atoms with Gasteiger partial charge in [-0.3, -0.25) is 0 Å². The number of carbonyl (C=O) groups is 1. The molecule has 0 spiro atoms. The van der Waals surface area contributed by atoms with Crippen molar-refractivity contribution in [3.63, 3.8) is 0 Å². The highest BCUT2D eigenvalue weighted by atomic mass is 32.1. The summed E-state index contributed by atoms with van der Waals surface area (Å²) in [7, 11) is 0. The molecular formula is C20H31N3O3S. The van der Waals surface area contributed by atoms with E-state index in [1.54, 1.807) is 4.90 Å². The number of likely N-dealkylation sites (tertiary alicyclic amines) is 1. The summed E-state index contributed by atoms with van der Waals surface area (Å²) in [4.78, 5) is 14.0. The van der Waals surface area contributed by atoms with E-state index in [4.69, 9.17) is 21.7 Å². The average molecular weight is 394 g/mol. The minimum Gasteiger partial charge on any atom is -0.444 e. The quantitative estimate of drug-likeness (QED) is 0.543. The van der Waals surface area contributed by atoms with E-state index in [1.807, 2.05) is 51.1 Å². The third-order valence-electron chi connectivity index (χ3n) is 4.10. The Balaban J connectivity index is 1.58. The number of hydrogen-bond acceptors (Lipinski definition) is 4. The second kappa shape index (κ2) is 10.5.